The standard InChI is InChI=1S/C14H20N6O/c1-2-21-14-10-15-8-11(17-14)16-9-13-19-18-12-6-4-3-5-7-20(12)13/h8,10H,2-7,9H2,1H3,(H,16,17). The van der Waals surface area contributed by atoms with Crippen LogP contribution in [0.25, 0.3) is 0 Å². The van der Waals surface area contributed by atoms with Crippen molar-refractivity contribution in [2.45, 2.75) is 45.7 Å². The summed E-state index contributed by atoms with van der Waals surface area (Å²) in [7, 11) is 0. The van der Waals surface area contributed by atoms with Crippen LogP contribution in [-0.2, 0) is 19.5 Å². The zero-order valence-corrected chi connectivity index (χ0v) is 12.2. The van der Waals surface area contributed by atoms with E-state index in [0.717, 1.165) is 24.6 Å². The Morgan fingerprint density at radius 1 is 1.24 bits per heavy atom. The molecule has 0 bridgehead atoms. The first-order valence-electron chi connectivity index (χ1n) is 7.46. The molecule has 0 radical (unpaired) electrons. The Morgan fingerprint density at radius 3 is 3.10 bits per heavy atom. The van der Waals surface area contributed by atoms with E-state index in [1.165, 1.54) is 19.3 Å². The van der Waals surface area contributed by atoms with Gasteiger partial charge in [0, 0.05) is 13.0 Å². The van der Waals surface area contributed by atoms with Gasteiger partial charge in [-0.2, -0.15) is 4.98 Å². The van der Waals surface area contributed by atoms with Gasteiger partial charge < -0.3 is 14.6 Å². The number of rotatable bonds is 5. The van der Waals surface area contributed by atoms with Crippen LogP contribution < -0.4 is 10.1 Å². The van der Waals surface area contributed by atoms with Crippen LogP contribution in [-0.4, -0.2) is 31.3 Å². The lowest BCUT2D eigenvalue weighted by molar-refractivity contribution is 0.325. The molecule has 0 amide bonds. The van der Waals surface area contributed by atoms with Crippen molar-refractivity contribution in [3.8, 4) is 5.88 Å². The third kappa shape index (κ3) is 3.29. The first-order valence-corrected chi connectivity index (χ1v) is 7.46. The number of fused-ring (bicyclic) bond motifs is 1. The fourth-order valence-corrected chi connectivity index (χ4v) is 2.50. The number of nitrogens with zero attached hydrogens (tertiary/aromatic N) is 5. The molecule has 3 rings (SSSR count). The lowest BCUT2D eigenvalue weighted by atomic mass is 10.2. The van der Waals surface area contributed by atoms with Crippen molar-refractivity contribution in [2.24, 2.45) is 0 Å². The second-order valence-electron chi connectivity index (χ2n) is 5.02. The van der Waals surface area contributed by atoms with Crippen LogP contribution in [0, 0.1) is 0 Å². The molecule has 0 aromatic carbocycles. The Kier molecular flexibility index (Phi) is 4.28. The average Bonchev–Trinajstić information content (AvgIpc) is 2.73. The second kappa shape index (κ2) is 6.51. The molecule has 3 heterocycles. The average molecular weight is 288 g/mol. The van der Waals surface area contributed by atoms with Gasteiger partial charge in [-0.25, -0.2) is 0 Å². The zero-order valence-electron chi connectivity index (χ0n) is 12.2. The molecule has 1 N–H and O–H groups in total. The van der Waals surface area contributed by atoms with Gasteiger partial charge in [0.25, 0.3) is 0 Å². The predicted octanol–water partition coefficient (Wildman–Crippen LogP) is 1.81. The molecule has 0 saturated heterocycles. The van der Waals surface area contributed by atoms with Gasteiger partial charge in [-0.1, -0.05) is 6.42 Å². The van der Waals surface area contributed by atoms with Gasteiger partial charge in [-0.05, 0) is 19.8 Å². The van der Waals surface area contributed by atoms with Crippen molar-refractivity contribution in [2.75, 3.05) is 11.9 Å². The van der Waals surface area contributed by atoms with Crippen LogP contribution >= 0.6 is 0 Å². The van der Waals surface area contributed by atoms with Gasteiger partial charge in [0.1, 0.15) is 11.6 Å². The van der Waals surface area contributed by atoms with Crippen LogP contribution in [0.5, 0.6) is 5.88 Å². The molecule has 0 fully saturated rings. The highest BCUT2D eigenvalue weighted by Gasteiger charge is 2.14. The number of hydrogen-bond donors (Lipinski definition) is 1. The van der Waals surface area contributed by atoms with Crippen LogP contribution in [0.15, 0.2) is 12.4 Å². The molecule has 0 atom stereocenters. The Hall–Kier alpha value is -2.18. The van der Waals surface area contributed by atoms with E-state index in [1.54, 1.807) is 12.4 Å². The molecule has 21 heavy (non-hydrogen) atoms. The molecule has 0 spiro atoms. The first-order chi connectivity index (χ1) is 10.4. The van der Waals surface area contributed by atoms with Gasteiger partial charge in [-0.15, -0.1) is 10.2 Å². The molecular weight excluding hydrogens is 268 g/mol. The van der Waals surface area contributed by atoms with E-state index >= 15 is 0 Å². The highest BCUT2D eigenvalue weighted by molar-refractivity contribution is 5.33. The molecular formula is C14H20N6O. The van der Waals surface area contributed by atoms with E-state index < -0.39 is 0 Å². The Bertz CT molecular complexity index is 597. The maximum Gasteiger partial charge on any atom is 0.234 e. The Morgan fingerprint density at radius 2 is 2.19 bits per heavy atom. The monoisotopic (exact) mass is 288 g/mol. The Balaban J connectivity index is 1.67. The van der Waals surface area contributed by atoms with Crippen molar-refractivity contribution < 1.29 is 4.74 Å². The van der Waals surface area contributed by atoms with E-state index in [0.29, 0.717) is 24.8 Å². The van der Waals surface area contributed by atoms with Crippen LogP contribution in [0.1, 0.15) is 37.8 Å². The number of ether oxygens (including phenoxy) is 1. The number of aromatic nitrogens is 5. The minimum absolute atomic E-state index is 0.530. The van der Waals surface area contributed by atoms with Gasteiger partial charge in [-0.3, -0.25) is 4.98 Å². The molecule has 0 unspecified atom stereocenters. The fraction of sp³-hybridized carbons (Fsp3) is 0.571. The maximum absolute atomic E-state index is 5.34. The summed E-state index contributed by atoms with van der Waals surface area (Å²) in [4.78, 5) is 8.45. The summed E-state index contributed by atoms with van der Waals surface area (Å²) in [6.45, 7) is 4.10. The van der Waals surface area contributed by atoms with Crippen molar-refractivity contribution in [3.05, 3.63) is 24.0 Å². The van der Waals surface area contributed by atoms with Crippen molar-refractivity contribution in [3.63, 3.8) is 0 Å². The molecule has 7 heteroatoms. The summed E-state index contributed by atoms with van der Waals surface area (Å²) in [5, 5.41) is 11.8. The quantitative estimate of drug-likeness (QED) is 0.904. The van der Waals surface area contributed by atoms with Gasteiger partial charge in [0.15, 0.2) is 5.82 Å². The normalized spacial score (nSPS) is 14.3. The summed E-state index contributed by atoms with van der Waals surface area (Å²) in [5.74, 6) is 3.27. The van der Waals surface area contributed by atoms with Crippen molar-refractivity contribution in [1.82, 2.24) is 24.7 Å². The molecule has 0 saturated carbocycles. The minimum Gasteiger partial charge on any atom is -0.477 e. The Labute approximate surface area is 123 Å². The summed E-state index contributed by atoms with van der Waals surface area (Å²) in [6.07, 6.45) is 7.97. The highest BCUT2D eigenvalue weighted by atomic mass is 16.5. The molecule has 112 valence electrons. The van der Waals surface area contributed by atoms with Crippen molar-refractivity contribution >= 4 is 5.82 Å². The predicted molar refractivity (Wildman–Crippen MR) is 78.1 cm³/mol. The smallest absolute Gasteiger partial charge is 0.234 e. The summed E-state index contributed by atoms with van der Waals surface area (Å²) in [5.41, 5.74) is 0. The summed E-state index contributed by atoms with van der Waals surface area (Å²) < 4.78 is 7.57. The van der Waals surface area contributed by atoms with E-state index in [9.17, 15) is 0 Å². The molecule has 1 aliphatic rings. The first kappa shape index (κ1) is 13.8. The number of anilines is 1. The lowest BCUT2D eigenvalue weighted by Crippen LogP contribution is -2.11. The van der Waals surface area contributed by atoms with Crippen LogP contribution in [0.2, 0.25) is 0 Å². The third-order valence-electron chi connectivity index (χ3n) is 3.52. The third-order valence-corrected chi connectivity index (χ3v) is 3.52. The van der Waals surface area contributed by atoms with Crippen LogP contribution in [0.4, 0.5) is 5.82 Å². The number of hydrogen-bond acceptors (Lipinski definition) is 6. The van der Waals surface area contributed by atoms with E-state index in [1.807, 2.05) is 6.92 Å². The molecule has 0 aliphatic carbocycles. The molecule has 7 nitrogen and oxygen atoms in total. The van der Waals surface area contributed by atoms with Crippen molar-refractivity contribution in [1.29, 1.82) is 0 Å². The van der Waals surface area contributed by atoms with E-state index in [4.69, 9.17) is 4.74 Å². The number of aryl methyl sites for hydroxylation is 1. The topological polar surface area (TPSA) is 77.8 Å². The highest BCUT2D eigenvalue weighted by Crippen LogP contribution is 2.15. The summed E-state index contributed by atoms with van der Waals surface area (Å²) in [6, 6.07) is 0. The SMILES string of the molecule is CCOc1cncc(NCc2nnc3n2CCCCC3)n1. The minimum atomic E-state index is 0.530. The molecule has 2 aromatic heterocycles. The number of nitrogens with one attached hydrogen (secondary N) is 1. The molecule has 2 aromatic rings. The summed E-state index contributed by atoms with van der Waals surface area (Å²) >= 11 is 0. The second-order valence-corrected chi connectivity index (χ2v) is 5.02. The lowest BCUT2D eigenvalue weighted by Gasteiger charge is -2.09. The van der Waals surface area contributed by atoms with Gasteiger partial charge >= 0.3 is 0 Å². The van der Waals surface area contributed by atoms with Gasteiger partial charge in [0.05, 0.1) is 25.5 Å². The van der Waals surface area contributed by atoms with Crippen LogP contribution in [0.3, 0.4) is 0 Å². The zero-order chi connectivity index (χ0) is 14.5. The van der Waals surface area contributed by atoms with Gasteiger partial charge in [0.2, 0.25) is 5.88 Å². The van der Waals surface area contributed by atoms with E-state index in [-0.39, 0.29) is 0 Å². The maximum atomic E-state index is 5.34. The fourth-order valence-electron chi connectivity index (χ4n) is 2.50. The molecule has 1 aliphatic heterocycles. The largest absolute Gasteiger partial charge is 0.477 e. The van der Waals surface area contributed by atoms with E-state index in [2.05, 4.69) is 30.0 Å².